The summed E-state index contributed by atoms with van der Waals surface area (Å²) < 4.78 is 0. The van der Waals surface area contributed by atoms with Crippen molar-refractivity contribution in [2.24, 2.45) is 5.41 Å². The highest BCUT2D eigenvalue weighted by Gasteiger charge is 2.35. The van der Waals surface area contributed by atoms with Crippen LogP contribution >= 0.6 is 0 Å². The largest absolute Gasteiger partial charge is 0.480 e. The number of rotatable bonds is 5. The van der Waals surface area contributed by atoms with E-state index in [0.29, 0.717) is 11.8 Å². The summed E-state index contributed by atoms with van der Waals surface area (Å²) in [6.07, 6.45) is 10.5. The van der Waals surface area contributed by atoms with Crippen LogP contribution in [0.15, 0.2) is 0 Å². The van der Waals surface area contributed by atoms with Crippen molar-refractivity contribution < 1.29 is 9.90 Å². The number of hydrogen-bond donors (Lipinski definition) is 2. The fourth-order valence-electron chi connectivity index (χ4n) is 3.76. The highest BCUT2D eigenvalue weighted by atomic mass is 16.4. The van der Waals surface area contributed by atoms with Crippen molar-refractivity contribution >= 4 is 5.97 Å². The Kier molecular flexibility index (Phi) is 5.22. The minimum Gasteiger partial charge on any atom is -0.480 e. The van der Waals surface area contributed by atoms with Crippen molar-refractivity contribution in [3.8, 4) is 0 Å². The van der Waals surface area contributed by atoms with E-state index >= 15 is 0 Å². The Morgan fingerprint density at radius 3 is 2.37 bits per heavy atom. The minimum absolute atomic E-state index is 0.398. The Balaban J connectivity index is 1.72. The SMILES string of the molecule is CNC(CCN1CCC2(CCCCC2)CC1)C(=O)O. The van der Waals surface area contributed by atoms with Gasteiger partial charge in [-0.1, -0.05) is 19.3 Å². The first-order valence-corrected chi connectivity index (χ1v) is 7.78. The molecule has 0 bridgehead atoms. The first-order valence-electron chi connectivity index (χ1n) is 7.78. The number of carboxylic acid groups (broad SMARTS) is 1. The van der Waals surface area contributed by atoms with Crippen molar-refractivity contribution in [2.45, 2.75) is 57.4 Å². The molecule has 2 aliphatic rings. The van der Waals surface area contributed by atoms with Crippen LogP contribution in [0.25, 0.3) is 0 Å². The Labute approximate surface area is 116 Å². The monoisotopic (exact) mass is 268 g/mol. The number of likely N-dealkylation sites (N-methyl/N-ethyl adjacent to an activating group) is 1. The third kappa shape index (κ3) is 3.93. The van der Waals surface area contributed by atoms with Gasteiger partial charge in [-0.15, -0.1) is 0 Å². The van der Waals surface area contributed by atoms with E-state index in [1.54, 1.807) is 7.05 Å². The van der Waals surface area contributed by atoms with Crippen molar-refractivity contribution in [3.63, 3.8) is 0 Å². The Morgan fingerprint density at radius 2 is 1.84 bits per heavy atom. The fourth-order valence-corrected chi connectivity index (χ4v) is 3.76. The number of nitrogens with zero attached hydrogens (tertiary/aromatic N) is 1. The van der Waals surface area contributed by atoms with Crippen molar-refractivity contribution in [1.29, 1.82) is 0 Å². The molecule has 0 amide bonds. The zero-order chi connectivity index (χ0) is 13.7. The predicted molar refractivity (Wildman–Crippen MR) is 76.3 cm³/mol. The van der Waals surface area contributed by atoms with Gasteiger partial charge in [0.1, 0.15) is 6.04 Å². The number of hydrogen-bond acceptors (Lipinski definition) is 3. The lowest BCUT2D eigenvalue weighted by atomic mass is 9.68. The second-order valence-electron chi connectivity index (χ2n) is 6.37. The molecule has 2 rings (SSSR count). The lowest BCUT2D eigenvalue weighted by Gasteiger charge is -2.44. The van der Waals surface area contributed by atoms with E-state index in [9.17, 15) is 4.79 Å². The number of likely N-dealkylation sites (tertiary alicyclic amines) is 1. The fraction of sp³-hybridized carbons (Fsp3) is 0.933. The van der Waals surface area contributed by atoms with Crippen molar-refractivity contribution in [3.05, 3.63) is 0 Å². The number of piperidine rings is 1. The van der Waals surface area contributed by atoms with Crippen molar-refractivity contribution in [1.82, 2.24) is 10.2 Å². The second kappa shape index (κ2) is 6.71. The second-order valence-corrected chi connectivity index (χ2v) is 6.37. The average Bonchev–Trinajstić information content (AvgIpc) is 2.42. The summed E-state index contributed by atoms with van der Waals surface area (Å²) in [5.41, 5.74) is 0.643. The summed E-state index contributed by atoms with van der Waals surface area (Å²) in [7, 11) is 1.73. The standard InChI is InChI=1S/C15H28N2O2/c1-16-13(14(18)19)5-10-17-11-8-15(9-12-17)6-3-2-4-7-15/h13,16H,2-12H2,1H3,(H,18,19). The lowest BCUT2D eigenvalue weighted by Crippen LogP contribution is -2.43. The zero-order valence-electron chi connectivity index (χ0n) is 12.2. The van der Waals surface area contributed by atoms with E-state index in [4.69, 9.17) is 5.11 Å². The molecule has 1 unspecified atom stereocenters. The Morgan fingerprint density at radius 1 is 1.21 bits per heavy atom. The van der Waals surface area contributed by atoms with Crippen molar-refractivity contribution in [2.75, 3.05) is 26.7 Å². The van der Waals surface area contributed by atoms with E-state index in [-0.39, 0.29) is 0 Å². The average molecular weight is 268 g/mol. The van der Waals surface area contributed by atoms with E-state index in [2.05, 4.69) is 10.2 Å². The number of carbonyl (C=O) groups is 1. The van der Waals surface area contributed by atoms with Crippen LogP contribution in [0.1, 0.15) is 51.4 Å². The summed E-state index contributed by atoms with van der Waals surface area (Å²) in [5, 5.41) is 11.9. The van der Waals surface area contributed by atoms with Crippen LogP contribution in [0, 0.1) is 5.41 Å². The van der Waals surface area contributed by atoms with E-state index in [1.165, 1.54) is 44.9 Å². The lowest BCUT2D eigenvalue weighted by molar-refractivity contribution is -0.139. The molecule has 0 aromatic rings. The van der Waals surface area contributed by atoms with Gasteiger partial charge >= 0.3 is 5.97 Å². The molecule has 0 aromatic heterocycles. The highest BCUT2D eigenvalue weighted by molar-refractivity contribution is 5.73. The summed E-state index contributed by atoms with van der Waals surface area (Å²) in [4.78, 5) is 13.4. The van der Waals surface area contributed by atoms with Gasteiger partial charge in [-0.2, -0.15) is 0 Å². The van der Waals surface area contributed by atoms with E-state index in [0.717, 1.165) is 19.6 Å². The van der Waals surface area contributed by atoms with Gasteiger partial charge in [0, 0.05) is 6.54 Å². The van der Waals surface area contributed by atoms with Gasteiger partial charge < -0.3 is 15.3 Å². The topological polar surface area (TPSA) is 52.6 Å². The predicted octanol–water partition coefficient (Wildman–Crippen LogP) is 2.10. The summed E-state index contributed by atoms with van der Waals surface area (Å²) in [6, 6.07) is -0.398. The van der Waals surface area contributed by atoms with Gasteiger partial charge in [-0.25, -0.2) is 0 Å². The molecule has 0 aromatic carbocycles. The molecule has 1 saturated heterocycles. The number of aliphatic carboxylic acids is 1. The molecule has 0 radical (unpaired) electrons. The molecular formula is C15H28N2O2. The van der Waals surface area contributed by atoms with E-state index in [1.807, 2.05) is 0 Å². The van der Waals surface area contributed by atoms with E-state index < -0.39 is 12.0 Å². The van der Waals surface area contributed by atoms with Crippen LogP contribution in [0.3, 0.4) is 0 Å². The molecule has 2 fully saturated rings. The third-order valence-corrected chi connectivity index (χ3v) is 5.21. The smallest absolute Gasteiger partial charge is 0.320 e. The van der Waals surface area contributed by atoms with Gasteiger partial charge in [0.25, 0.3) is 0 Å². The Bertz CT molecular complexity index is 291. The zero-order valence-corrected chi connectivity index (χ0v) is 12.2. The molecule has 1 heterocycles. The minimum atomic E-state index is -0.733. The quantitative estimate of drug-likeness (QED) is 0.802. The molecule has 4 nitrogen and oxygen atoms in total. The highest BCUT2D eigenvalue weighted by Crippen LogP contribution is 2.44. The summed E-state index contributed by atoms with van der Waals surface area (Å²) in [6.45, 7) is 3.24. The van der Waals surface area contributed by atoms with Gasteiger partial charge in [0.2, 0.25) is 0 Å². The molecule has 1 atom stereocenters. The Hall–Kier alpha value is -0.610. The number of nitrogens with one attached hydrogen (secondary N) is 1. The maximum absolute atomic E-state index is 11.0. The first kappa shape index (κ1) is 14.8. The molecule has 1 aliphatic carbocycles. The molecule has 1 spiro atoms. The molecular weight excluding hydrogens is 240 g/mol. The van der Waals surface area contributed by atoms with Gasteiger partial charge in [0.15, 0.2) is 0 Å². The van der Waals surface area contributed by atoms with Crippen LogP contribution in [0.2, 0.25) is 0 Å². The molecule has 4 heteroatoms. The molecule has 1 aliphatic heterocycles. The summed E-state index contributed by atoms with van der Waals surface area (Å²) >= 11 is 0. The maximum Gasteiger partial charge on any atom is 0.320 e. The molecule has 2 N–H and O–H groups in total. The normalized spacial score (nSPS) is 25.3. The molecule has 19 heavy (non-hydrogen) atoms. The van der Waals surface area contributed by atoms with Gasteiger partial charge in [-0.3, -0.25) is 4.79 Å². The van der Waals surface area contributed by atoms with Crippen LogP contribution in [-0.4, -0.2) is 48.7 Å². The summed E-state index contributed by atoms with van der Waals surface area (Å²) in [5.74, 6) is -0.733. The molecule has 1 saturated carbocycles. The van der Waals surface area contributed by atoms with Crippen LogP contribution in [0.5, 0.6) is 0 Å². The maximum atomic E-state index is 11.0. The third-order valence-electron chi connectivity index (χ3n) is 5.21. The first-order chi connectivity index (χ1) is 9.15. The van der Waals surface area contributed by atoms with Gasteiger partial charge in [-0.05, 0) is 57.7 Å². The van der Waals surface area contributed by atoms with Crippen LogP contribution in [-0.2, 0) is 4.79 Å². The van der Waals surface area contributed by atoms with Crippen LogP contribution < -0.4 is 5.32 Å². The van der Waals surface area contributed by atoms with Crippen LogP contribution in [0.4, 0.5) is 0 Å². The molecule has 110 valence electrons. The van der Waals surface area contributed by atoms with Gasteiger partial charge in [0.05, 0.1) is 0 Å². The number of carboxylic acids is 1.